The van der Waals surface area contributed by atoms with Gasteiger partial charge in [0.2, 0.25) is 20.6 Å². The molecule has 24 heteroatoms. The van der Waals surface area contributed by atoms with Crippen LogP contribution in [0, 0.1) is 11.8 Å². The number of alkyl halides is 6. The van der Waals surface area contributed by atoms with Crippen molar-refractivity contribution in [1.82, 2.24) is 19.9 Å². The summed E-state index contributed by atoms with van der Waals surface area (Å²) < 4.78 is 77.9. The van der Waals surface area contributed by atoms with E-state index in [-0.39, 0.29) is 36.6 Å². The number of nitrogens with two attached hydrogens (primary N) is 2. The fourth-order valence-corrected chi connectivity index (χ4v) is 8.69. The number of nitrogens with one attached hydrogen (secondary N) is 1. The standard InChI is InChI=1S/C10H16N4O2.C7H13ClO.C6H14N4OSi.C4H9F3O3SSi.CH2Cl2.CH4/c1-3-7-6(2)4-8(16-7)14-5-12-9(11)13-10(14)15;1-3-6-5(2)4-7(8)9-6;1-12(2,3)11-6-9-4-8-5(7)10-6;1-12(2,3)10-11(8,9)4(5,6)7;2-1-3;/h5-8H,3-4H2,1-2H3,(H2,11,13,15);5-7H,3-4H2,1-2H3;4,6H,1-3H3,(H3,7,8,9,10);1-3H3;1H2;1H4. The number of anilines is 1. The van der Waals surface area contributed by atoms with Gasteiger partial charge in [0, 0.05) is 0 Å². The van der Waals surface area contributed by atoms with Crippen LogP contribution in [0.1, 0.15) is 67.0 Å². The fraction of sp³-hybridized carbons (Fsp3) is 0.828. The van der Waals surface area contributed by atoms with Crippen molar-refractivity contribution in [2.75, 3.05) is 11.1 Å². The zero-order valence-corrected chi connectivity index (χ0v) is 36.2. The van der Waals surface area contributed by atoms with E-state index in [9.17, 15) is 26.4 Å². The zero-order valence-electron chi connectivity index (χ0n) is 31.2. The second-order valence-electron chi connectivity index (χ2n) is 13.6. The van der Waals surface area contributed by atoms with Crippen LogP contribution in [0.25, 0.3) is 0 Å². The maximum atomic E-state index is 11.7. The zero-order chi connectivity index (χ0) is 40.7. The first-order valence-corrected chi connectivity index (χ1v) is 26.0. The van der Waals surface area contributed by atoms with Gasteiger partial charge in [-0.15, -0.1) is 23.2 Å². The minimum atomic E-state index is -5.39. The summed E-state index contributed by atoms with van der Waals surface area (Å²) in [7, 11) is -9.68. The van der Waals surface area contributed by atoms with Gasteiger partial charge in [-0.1, -0.05) is 46.7 Å². The van der Waals surface area contributed by atoms with Crippen molar-refractivity contribution in [3.63, 3.8) is 0 Å². The Balaban J connectivity index is 0. The molecule has 1 aromatic heterocycles. The lowest BCUT2D eigenvalue weighted by molar-refractivity contribution is -0.0503. The van der Waals surface area contributed by atoms with Gasteiger partial charge in [-0.05, 0) is 76.8 Å². The topological polar surface area (TPSA) is 208 Å². The van der Waals surface area contributed by atoms with Crippen LogP contribution >= 0.6 is 34.8 Å². The molecule has 3 aliphatic rings. The highest BCUT2D eigenvalue weighted by atomic mass is 35.5. The molecule has 0 amide bonds. The number of ether oxygens (including phenoxy) is 2. The monoisotopic (exact) mass is 880 g/mol. The number of halogens is 6. The van der Waals surface area contributed by atoms with E-state index in [1.165, 1.54) is 36.9 Å². The van der Waals surface area contributed by atoms with Crippen LogP contribution < -0.4 is 22.5 Å². The summed E-state index contributed by atoms with van der Waals surface area (Å²) in [6.45, 7) is 18.8. The highest BCUT2D eigenvalue weighted by Gasteiger charge is 2.49. The summed E-state index contributed by atoms with van der Waals surface area (Å²) in [5, 5.41) is 2.86. The number of aromatic nitrogens is 3. The molecule has 7 atom stereocenters. The van der Waals surface area contributed by atoms with Crippen LogP contribution in [0.15, 0.2) is 21.1 Å². The van der Waals surface area contributed by atoms with E-state index in [0.29, 0.717) is 23.9 Å². The molecule has 15 nitrogen and oxygen atoms in total. The number of rotatable bonds is 7. The van der Waals surface area contributed by atoms with Crippen LogP contribution in [-0.4, -0.2) is 86.9 Å². The van der Waals surface area contributed by atoms with E-state index >= 15 is 0 Å². The third-order valence-electron chi connectivity index (χ3n) is 6.68. The van der Waals surface area contributed by atoms with E-state index in [1.54, 1.807) is 0 Å². The van der Waals surface area contributed by atoms with Crippen molar-refractivity contribution in [3.8, 4) is 0 Å². The molecule has 5 N–H and O–H groups in total. The summed E-state index contributed by atoms with van der Waals surface area (Å²) in [5.41, 5.74) is 5.02. The first-order chi connectivity index (χ1) is 23.7. The van der Waals surface area contributed by atoms with Gasteiger partial charge in [0.05, 0.1) is 23.9 Å². The Morgan fingerprint density at radius 1 is 1.00 bits per heavy atom. The van der Waals surface area contributed by atoms with E-state index in [0.717, 1.165) is 25.7 Å². The van der Waals surface area contributed by atoms with Crippen LogP contribution in [0.4, 0.5) is 19.1 Å². The van der Waals surface area contributed by atoms with Gasteiger partial charge < -0.3 is 34.6 Å². The molecule has 7 unspecified atom stereocenters. The Labute approximate surface area is 329 Å². The Morgan fingerprint density at radius 3 is 1.85 bits per heavy atom. The molecule has 4 heterocycles. The Morgan fingerprint density at radius 2 is 1.51 bits per heavy atom. The molecule has 2 saturated heterocycles. The van der Waals surface area contributed by atoms with Crippen molar-refractivity contribution in [3.05, 3.63) is 16.8 Å². The minimum Gasteiger partial charge on any atom is -0.379 e. The largest absolute Gasteiger partial charge is 0.522 e. The predicted octanol–water partition coefficient (Wildman–Crippen LogP) is 6.75. The molecule has 4 rings (SSSR count). The van der Waals surface area contributed by atoms with Gasteiger partial charge >= 0.3 is 21.3 Å². The highest BCUT2D eigenvalue weighted by Crippen LogP contribution is 2.33. The van der Waals surface area contributed by atoms with Crippen molar-refractivity contribution in [1.29, 1.82) is 0 Å². The van der Waals surface area contributed by atoms with Gasteiger partial charge in [0.15, 0.2) is 14.3 Å². The number of guanidine groups is 1. The maximum Gasteiger partial charge on any atom is 0.522 e. The molecule has 312 valence electrons. The first-order valence-electron chi connectivity index (χ1n) is 16.3. The number of hydrogen-bond donors (Lipinski definition) is 3. The molecule has 0 radical (unpaired) electrons. The number of aliphatic imine (C=N–C) groups is 2. The molecule has 0 spiro atoms. The van der Waals surface area contributed by atoms with Gasteiger partial charge in [0.25, 0.3) is 0 Å². The van der Waals surface area contributed by atoms with Crippen molar-refractivity contribution >= 4 is 79.8 Å². The predicted molar refractivity (Wildman–Crippen MR) is 211 cm³/mol. The normalized spacial score (nSPS) is 25.3. The van der Waals surface area contributed by atoms with Crippen molar-refractivity contribution < 1.29 is 39.4 Å². The maximum absolute atomic E-state index is 11.7. The van der Waals surface area contributed by atoms with Gasteiger partial charge in [-0.25, -0.2) is 14.8 Å². The number of nitrogen functional groups attached to an aromatic ring is 1. The highest BCUT2D eigenvalue weighted by molar-refractivity contribution is 7.88. The SMILES string of the molecule is C.CCC1OC(Cl)CC1C.CCC1OC(n2cnc(N)nc2=O)CC1C.C[Si](C)(C)OC1N=CNC(N)=N1.C[Si](C)(C)OS(=O)(=O)C(F)(F)F.ClCCl. The minimum absolute atomic E-state index is 0. The average molecular weight is 882 g/mol. The molecule has 0 saturated carbocycles. The first kappa shape index (κ1) is 53.5. The summed E-state index contributed by atoms with van der Waals surface area (Å²) in [6, 6.07) is 0. The summed E-state index contributed by atoms with van der Waals surface area (Å²) >= 11 is 15.3. The van der Waals surface area contributed by atoms with E-state index in [2.05, 4.69) is 76.5 Å². The Kier molecular flexibility index (Phi) is 24.4. The third kappa shape index (κ3) is 21.9. The smallest absolute Gasteiger partial charge is 0.379 e. The van der Waals surface area contributed by atoms with Crippen LogP contribution in [0.2, 0.25) is 39.3 Å². The molecular formula is C29H58Cl3F3N8O7SSi2. The van der Waals surface area contributed by atoms with Gasteiger partial charge in [0.1, 0.15) is 18.1 Å². The van der Waals surface area contributed by atoms with Crippen LogP contribution in [0.5, 0.6) is 0 Å². The van der Waals surface area contributed by atoms with Crippen molar-refractivity contribution in [2.24, 2.45) is 27.6 Å². The number of hydrogen-bond acceptors (Lipinski definition) is 14. The van der Waals surface area contributed by atoms with Crippen molar-refractivity contribution in [2.45, 2.75) is 136 Å². The molecule has 2 fully saturated rings. The summed E-state index contributed by atoms with van der Waals surface area (Å²) in [6.07, 6.45) is 6.68. The number of nitrogens with zero attached hydrogens (tertiary/aromatic N) is 5. The van der Waals surface area contributed by atoms with E-state index < -0.39 is 44.3 Å². The molecular weight excluding hydrogens is 824 g/mol. The van der Waals surface area contributed by atoms with Crippen LogP contribution in [-0.2, 0) is 27.9 Å². The Hall–Kier alpha value is -1.57. The second-order valence-corrected chi connectivity index (χ2v) is 25.6. The molecule has 3 aliphatic heterocycles. The third-order valence-corrected chi connectivity index (χ3v) is 11.3. The second kappa shape index (κ2) is 24.2. The van der Waals surface area contributed by atoms with E-state index in [4.69, 9.17) is 60.2 Å². The van der Waals surface area contributed by atoms with E-state index in [1.807, 2.05) is 0 Å². The molecule has 0 bridgehead atoms. The summed E-state index contributed by atoms with van der Waals surface area (Å²) in [5.74, 6) is 1.45. The molecule has 1 aromatic rings. The average Bonchev–Trinajstić information content (AvgIpc) is 3.51. The lowest BCUT2D eigenvalue weighted by Crippen LogP contribution is -2.39. The lowest BCUT2D eigenvalue weighted by atomic mass is 10.0. The summed E-state index contributed by atoms with van der Waals surface area (Å²) in [4.78, 5) is 26.9. The lowest BCUT2D eigenvalue weighted by Gasteiger charge is -2.22. The van der Waals surface area contributed by atoms with Gasteiger partial charge in [-0.2, -0.15) is 31.6 Å². The van der Waals surface area contributed by atoms with Crippen LogP contribution in [0.3, 0.4) is 0 Å². The Bertz CT molecular complexity index is 1440. The molecule has 53 heavy (non-hydrogen) atoms. The van der Waals surface area contributed by atoms with Gasteiger partial charge in [-0.3, -0.25) is 4.57 Å². The quantitative estimate of drug-likeness (QED) is 0.148. The molecule has 0 aliphatic carbocycles. The fourth-order valence-electron chi connectivity index (χ4n) is 4.52. The molecule has 0 aromatic carbocycles.